The van der Waals surface area contributed by atoms with Crippen LogP contribution in [0.25, 0.3) is 0 Å². The van der Waals surface area contributed by atoms with Crippen LogP contribution in [0.15, 0.2) is 30.6 Å². The van der Waals surface area contributed by atoms with Crippen LogP contribution in [0.1, 0.15) is 18.5 Å². The Labute approximate surface area is 145 Å². The second-order valence-electron chi connectivity index (χ2n) is 6.45. The van der Waals surface area contributed by atoms with Gasteiger partial charge in [0.25, 0.3) is 0 Å². The summed E-state index contributed by atoms with van der Waals surface area (Å²) in [5.41, 5.74) is -0.0126. The van der Waals surface area contributed by atoms with Gasteiger partial charge in [0.1, 0.15) is 17.2 Å². The van der Waals surface area contributed by atoms with E-state index in [4.69, 9.17) is 0 Å². The van der Waals surface area contributed by atoms with Crippen LogP contribution in [-0.2, 0) is 18.3 Å². The van der Waals surface area contributed by atoms with Crippen LogP contribution in [0.2, 0.25) is 0 Å². The van der Waals surface area contributed by atoms with E-state index in [1.165, 1.54) is 6.07 Å². The molecule has 25 heavy (non-hydrogen) atoms. The van der Waals surface area contributed by atoms with E-state index in [2.05, 4.69) is 15.4 Å². The third-order valence-electron chi connectivity index (χ3n) is 4.51. The maximum atomic E-state index is 13.0. The maximum absolute atomic E-state index is 13.0. The van der Waals surface area contributed by atoms with Crippen molar-refractivity contribution in [2.45, 2.75) is 24.9 Å². The predicted octanol–water partition coefficient (Wildman–Crippen LogP) is 0.644. The SMILES string of the molecule is Cn1nccc1CCC(=O)NC[C@@]1(O)CCN(c2ccc(F)cn2)C1. The van der Waals surface area contributed by atoms with Gasteiger partial charge in [-0.2, -0.15) is 5.10 Å². The Bertz CT molecular complexity index is 733. The zero-order valence-corrected chi connectivity index (χ0v) is 14.2. The Hall–Kier alpha value is -2.48. The molecule has 134 valence electrons. The molecule has 0 saturated carbocycles. The average molecular weight is 347 g/mol. The van der Waals surface area contributed by atoms with Crippen molar-refractivity contribution < 1.29 is 14.3 Å². The molecule has 1 atom stereocenters. The fourth-order valence-corrected chi connectivity index (χ4v) is 2.99. The number of halogens is 1. The standard InChI is InChI=1S/C17H22FN5O2/c1-22-14(6-8-21-22)3-5-16(24)20-11-17(25)7-9-23(12-17)15-4-2-13(18)10-19-15/h2,4,6,8,10,25H,3,5,7,9,11-12H2,1H3,(H,20,24)/t17-/m0/s1. The molecule has 1 amide bonds. The molecule has 1 saturated heterocycles. The van der Waals surface area contributed by atoms with Crippen LogP contribution in [0, 0.1) is 5.82 Å². The van der Waals surface area contributed by atoms with Crippen LogP contribution in [-0.4, -0.2) is 51.0 Å². The first kappa shape index (κ1) is 17.3. The lowest BCUT2D eigenvalue weighted by atomic mass is 10.0. The minimum absolute atomic E-state index is 0.104. The molecule has 3 rings (SSSR count). The molecular weight excluding hydrogens is 325 g/mol. The summed E-state index contributed by atoms with van der Waals surface area (Å²) in [5, 5.41) is 17.5. The zero-order chi connectivity index (χ0) is 17.9. The number of carbonyl (C=O) groups excluding carboxylic acids is 1. The number of carbonyl (C=O) groups is 1. The molecule has 2 aromatic heterocycles. The summed E-state index contributed by atoms with van der Waals surface area (Å²) < 4.78 is 14.7. The highest BCUT2D eigenvalue weighted by molar-refractivity contribution is 5.76. The van der Waals surface area contributed by atoms with Crippen molar-refractivity contribution in [3.8, 4) is 0 Å². The van der Waals surface area contributed by atoms with Gasteiger partial charge in [-0.1, -0.05) is 0 Å². The minimum atomic E-state index is -1.00. The second-order valence-corrected chi connectivity index (χ2v) is 6.45. The smallest absolute Gasteiger partial charge is 0.220 e. The van der Waals surface area contributed by atoms with Crippen LogP contribution in [0.4, 0.5) is 10.2 Å². The molecule has 0 unspecified atom stereocenters. The average Bonchev–Trinajstić information content (AvgIpc) is 3.18. The van der Waals surface area contributed by atoms with Crippen molar-refractivity contribution in [3.63, 3.8) is 0 Å². The van der Waals surface area contributed by atoms with Crippen molar-refractivity contribution in [1.82, 2.24) is 20.1 Å². The number of nitrogens with zero attached hydrogens (tertiary/aromatic N) is 4. The predicted molar refractivity (Wildman–Crippen MR) is 90.5 cm³/mol. The van der Waals surface area contributed by atoms with Gasteiger partial charge in [0.15, 0.2) is 0 Å². The van der Waals surface area contributed by atoms with Gasteiger partial charge in [0, 0.05) is 45.0 Å². The summed E-state index contributed by atoms with van der Waals surface area (Å²) in [6, 6.07) is 4.82. The lowest BCUT2D eigenvalue weighted by molar-refractivity contribution is -0.122. The van der Waals surface area contributed by atoms with E-state index in [-0.39, 0.29) is 18.3 Å². The summed E-state index contributed by atoms with van der Waals surface area (Å²) in [4.78, 5) is 17.9. The summed E-state index contributed by atoms with van der Waals surface area (Å²) in [6.45, 7) is 1.16. The number of aryl methyl sites for hydroxylation is 2. The Balaban J connectivity index is 1.47. The molecule has 8 heteroatoms. The van der Waals surface area contributed by atoms with Crippen LogP contribution in [0.3, 0.4) is 0 Å². The minimum Gasteiger partial charge on any atom is -0.386 e. The third kappa shape index (κ3) is 4.33. The number of pyridine rings is 1. The monoisotopic (exact) mass is 347 g/mol. The molecular formula is C17H22FN5O2. The summed E-state index contributed by atoms with van der Waals surface area (Å²) in [7, 11) is 1.84. The van der Waals surface area contributed by atoms with Crippen molar-refractivity contribution in [1.29, 1.82) is 0 Å². The van der Waals surface area contributed by atoms with Crippen molar-refractivity contribution >= 4 is 11.7 Å². The summed E-state index contributed by atoms with van der Waals surface area (Å²) in [5.74, 6) is 0.131. The van der Waals surface area contributed by atoms with Gasteiger partial charge in [-0.25, -0.2) is 9.37 Å². The van der Waals surface area contributed by atoms with Crippen LogP contribution >= 0.6 is 0 Å². The Kier molecular flexibility index (Phi) is 4.98. The molecule has 7 nitrogen and oxygen atoms in total. The third-order valence-corrected chi connectivity index (χ3v) is 4.51. The number of nitrogens with one attached hydrogen (secondary N) is 1. The largest absolute Gasteiger partial charge is 0.386 e. The molecule has 1 fully saturated rings. The van der Waals surface area contributed by atoms with Crippen molar-refractivity contribution in [3.05, 3.63) is 42.1 Å². The molecule has 2 N–H and O–H groups in total. The fourth-order valence-electron chi connectivity index (χ4n) is 2.99. The molecule has 0 spiro atoms. The zero-order valence-electron chi connectivity index (χ0n) is 14.2. The Morgan fingerprint density at radius 2 is 2.28 bits per heavy atom. The molecule has 1 aliphatic rings. The quantitative estimate of drug-likeness (QED) is 0.801. The van der Waals surface area contributed by atoms with E-state index in [1.54, 1.807) is 16.9 Å². The highest BCUT2D eigenvalue weighted by Gasteiger charge is 2.36. The van der Waals surface area contributed by atoms with Crippen molar-refractivity contribution in [2.24, 2.45) is 7.05 Å². The number of hydrogen-bond donors (Lipinski definition) is 2. The summed E-state index contributed by atoms with van der Waals surface area (Å²) in [6.07, 6.45) is 4.33. The topological polar surface area (TPSA) is 83.3 Å². The lowest BCUT2D eigenvalue weighted by Gasteiger charge is -2.24. The van der Waals surface area contributed by atoms with E-state index in [0.29, 0.717) is 38.2 Å². The number of aromatic nitrogens is 3. The molecule has 0 bridgehead atoms. The number of hydrogen-bond acceptors (Lipinski definition) is 5. The molecule has 0 aliphatic carbocycles. The Morgan fingerprint density at radius 1 is 1.44 bits per heavy atom. The highest BCUT2D eigenvalue weighted by Crippen LogP contribution is 2.25. The normalized spacial score (nSPS) is 20.0. The van der Waals surface area contributed by atoms with Crippen LogP contribution in [0.5, 0.6) is 0 Å². The number of β-amino-alcohol motifs (C(OH)–C–C–N with tert-alkyl or cyclic N) is 1. The Morgan fingerprint density at radius 3 is 2.96 bits per heavy atom. The van der Waals surface area contributed by atoms with Gasteiger partial charge in [-0.15, -0.1) is 0 Å². The molecule has 2 aromatic rings. The van der Waals surface area contributed by atoms with E-state index >= 15 is 0 Å². The number of rotatable bonds is 6. The van der Waals surface area contributed by atoms with E-state index in [9.17, 15) is 14.3 Å². The first-order valence-corrected chi connectivity index (χ1v) is 8.28. The fraction of sp³-hybridized carbons (Fsp3) is 0.471. The lowest BCUT2D eigenvalue weighted by Crippen LogP contribution is -2.45. The molecule has 0 aromatic carbocycles. The number of anilines is 1. The first-order chi connectivity index (χ1) is 12.0. The van der Waals surface area contributed by atoms with Gasteiger partial charge in [0.05, 0.1) is 6.20 Å². The van der Waals surface area contributed by atoms with Gasteiger partial charge in [-0.3, -0.25) is 9.48 Å². The van der Waals surface area contributed by atoms with Gasteiger partial charge >= 0.3 is 0 Å². The highest BCUT2D eigenvalue weighted by atomic mass is 19.1. The second kappa shape index (κ2) is 7.18. The molecule has 0 radical (unpaired) electrons. The number of amides is 1. The van der Waals surface area contributed by atoms with Gasteiger partial charge in [-0.05, 0) is 31.0 Å². The van der Waals surface area contributed by atoms with E-state index in [0.717, 1.165) is 11.9 Å². The number of aliphatic hydroxyl groups is 1. The molecule has 1 aliphatic heterocycles. The maximum Gasteiger partial charge on any atom is 0.220 e. The van der Waals surface area contributed by atoms with Crippen LogP contribution < -0.4 is 10.2 Å². The van der Waals surface area contributed by atoms with Crippen molar-refractivity contribution in [2.75, 3.05) is 24.5 Å². The first-order valence-electron chi connectivity index (χ1n) is 8.28. The van der Waals surface area contributed by atoms with Gasteiger partial charge < -0.3 is 15.3 Å². The van der Waals surface area contributed by atoms with E-state index in [1.807, 2.05) is 18.0 Å². The molecule has 3 heterocycles. The van der Waals surface area contributed by atoms with E-state index < -0.39 is 5.60 Å². The van der Waals surface area contributed by atoms with Gasteiger partial charge in [0.2, 0.25) is 5.91 Å². The summed E-state index contributed by atoms with van der Waals surface area (Å²) >= 11 is 0.